The molecule has 0 aliphatic carbocycles. The summed E-state index contributed by atoms with van der Waals surface area (Å²) in [6.07, 6.45) is -3.82. The Kier molecular flexibility index (Phi) is 8.25. The number of hydrogen-bond acceptors (Lipinski definition) is 6. The number of carbonyl (C=O) groups is 3. The van der Waals surface area contributed by atoms with E-state index in [1.807, 2.05) is 0 Å². The van der Waals surface area contributed by atoms with Gasteiger partial charge in [-0.2, -0.15) is 18.3 Å². The summed E-state index contributed by atoms with van der Waals surface area (Å²) < 4.78 is 62.6. The number of carbonyl (C=O) groups excluding carboxylic acids is 3. The summed E-state index contributed by atoms with van der Waals surface area (Å²) in [5.74, 6) is -0.633. The summed E-state index contributed by atoms with van der Waals surface area (Å²) in [6, 6.07) is 7.56. The van der Waals surface area contributed by atoms with E-state index >= 15 is 4.39 Å². The highest BCUT2D eigenvalue weighted by molar-refractivity contribution is 8.18. The van der Waals surface area contributed by atoms with E-state index in [-0.39, 0.29) is 41.5 Å². The molecular weight excluding hydrogens is 612 g/mol. The van der Waals surface area contributed by atoms with Crippen molar-refractivity contribution in [1.82, 2.24) is 19.6 Å². The fourth-order valence-electron chi connectivity index (χ4n) is 5.03. The number of nitrogens with zero attached hydrogens (tertiary/aromatic N) is 4. The topological polar surface area (TPSA) is 84.7 Å². The Morgan fingerprint density at radius 1 is 1.16 bits per heavy atom. The number of amides is 3. The van der Waals surface area contributed by atoms with Crippen molar-refractivity contribution in [2.75, 3.05) is 13.1 Å². The number of thioether (sulfide) groups is 1. The van der Waals surface area contributed by atoms with Crippen LogP contribution < -0.4 is 0 Å². The van der Waals surface area contributed by atoms with Gasteiger partial charge in [-0.05, 0) is 80.4 Å². The Bertz CT molecular complexity index is 1630. The highest BCUT2D eigenvalue weighted by Crippen LogP contribution is 2.37. The Morgan fingerprint density at radius 2 is 1.91 bits per heavy atom. The van der Waals surface area contributed by atoms with Crippen LogP contribution in [0.3, 0.4) is 0 Å². The highest BCUT2D eigenvalue weighted by atomic mass is 35.5. The average Bonchev–Trinajstić information content (AvgIpc) is 3.42. The molecule has 1 aromatic heterocycles. The molecule has 228 valence electrons. The van der Waals surface area contributed by atoms with E-state index in [1.54, 1.807) is 39.0 Å². The molecule has 3 aromatic rings. The fraction of sp³-hybridized carbons (Fsp3) is 0.379. The van der Waals surface area contributed by atoms with Gasteiger partial charge in [-0.3, -0.25) is 19.2 Å². The van der Waals surface area contributed by atoms with E-state index < -0.39 is 46.8 Å². The lowest BCUT2D eigenvalue weighted by Gasteiger charge is -2.38. The number of alkyl halides is 4. The van der Waals surface area contributed by atoms with Gasteiger partial charge in [0, 0.05) is 17.0 Å². The Balaban J connectivity index is 1.31. The van der Waals surface area contributed by atoms with Crippen LogP contribution >= 0.6 is 23.4 Å². The Hall–Kier alpha value is -3.58. The third-order valence-corrected chi connectivity index (χ3v) is 8.09. The van der Waals surface area contributed by atoms with Crippen molar-refractivity contribution in [2.24, 2.45) is 0 Å². The average molecular weight is 639 g/mol. The van der Waals surface area contributed by atoms with Crippen LogP contribution in [0.5, 0.6) is 0 Å². The van der Waals surface area contributed by atoms with Crippen LogP contribution in [0, 0.1) is 0 Å². The predicted octanol–water partition coefficient (Wildman–Crippen LogP) is 7.14. The minimum absolute atomic E-state index is 0.00254. The number of rotatable bonds is 4. The Labute approximate surface area is 253 Å². The predicted molar refractivity (Wildman–Crippen MR) is 154 cm³/mol. The molecule has 2 saturated heterocycles. The summed E-state index contributed by atoms with van der Waals surface area (Å²) in [5.41, 5.74) is -0.474. The minimum atomic E-state index is -4.59. The molecule has 2 fully saturated rings. The van der Waals surface area contributed by atoms with Crippen molar-refractivity contribution >= 4 is 57.6 Å². The Morgan fingerprint density at radius 3 is 2.58 bits per heavy atom. The van der Waals surface area contributed by atoms with Crippen LogP contribution in [0.15, 0.2) is 47.5 Å². The molecule has 0 spiro atoms. The number of likely N-dealkylation sites (tertiary alicyclic amines) is 1. The molecular formula is C29H27ClF4N4O4S. The number of benzene rings is 2. The van der Waals surface area contributed by atoms with E-state index in [0.29, 0.717) is 28.2 Å². The van der Waals surface area contributed by atoms with E-state index in [1.165, 1.54) is 34.0 Å². The molecule has 2 aromatic carbocycles. The second-order valence-corrected chi connectivity index (χ2v) is 12.7. The first-order chi connectivity index (χ1) is 20.1. The first kappa shape index (κ1) is 30.9. The van der Waals surface area contributed by atoms with Crippen molar-refractivity contribution in [3.8, 4) is 0 Å². The number of aromatic nitrogens is 2. The number of ether oxygens (including phenoxy) is 1. The van der Waals surface area contributed by atoms with Gasteiger partial charge in [0.1, 0.15) is 11.8 Å². The van der Waals surface area contributed by atoms with E-state index in [2.05, 4.69) is 5.10 Å². The molecule has 43 heavy (non-hydrogen) atoms. The van der Waals surface area contributed by atoms with E-state index in [4.69, 9.17) is 16.3 Å². The van der Waals surface area contributed by atoms with Gasteiger partial charge >= 0.3 is 12.3 Å². The largest absolute Gasteiger partial charge is 0.444 e. The maximum atomic E-state index is 15.2. The minimum Gasteiger partial charge on any atom is -0.444 e. The van der Waals surface area contributed by atoms with Crippen molar-refractivity contribution in [3.05, 3.63) is 69.2 Å². The molecule has 2 aliphatic rings. The second kappa shape index (κ2) is 11.5. The summed E-state index contributed by atoms with van der Waals surface area (Å²) in [5, 5.41) is 4.21. The van der Waals surface area contributed by atoms with Gasteiger partial charge in [-0.1, -0.05) is 23.7 Å². The van der Waals surface area contributed by atoms with Crippen LogP contribution in [-0.4, -0.2) is 67.7 Å². The summed E-state index contributed by atoms with van der Waals surface area (Å²) in [6.45, 7) is 4.79. The van der Waals surface area contributed by atoms with Crippen LogP contribution in [0.4, 0.5) is 27.2 Å². The monoisotopic (exact) mass is 638 g/mol. The quantitative estimate of drug-likeness (QED) is 0.223. The maximum Gasteiger partial charge on any atom is 0.416 e. The third-order valence-electron chi connectivity index (χ3n) is 6.98. The number of piperidine rings is 1. The van der Waals surface area contributed by atoms with Crippen molar-refractivity contribution in [1.29, 1.82) is 0 Å². The number of halogens is 5. The van der Waals surface area contributed by atoms with Crippen LogP contribution in [0.2, 0.25) is 5.02 Å². The van der Waals surface area contributed by atoms with Crippen LogP contribution in [0.1, 0.15) is 43.9 Å². The number of fused-ring (bicyclic) bond motifs is 1. The first-order valence-corrected chi connectivity index (χ1v) is 14.5. The molecule has 0 N–H and O–H groups in total. The van der Waals surface area contributed by atoms with Gasteiger partial charge in [0.25, 0.3) is 11.1 Å². The summed E-state index contributed by atoms with van der Waals surface area (Å²) in [7, 11) is 0. The smallest absolute Gasteiger partial charge is 0.416 e. The van der Waals surface area contributed by atoms with Gasteiger partial charge < -0.3 is 9.64 Å². The normalized spacial score (nSPS) is 20.9. The molecule has 14 heteroatoms. The third kappa shape index (κ3) is 6.67. The number of imide groups is 1. The molecule has 2 aliphatic heterocycles. The van der Waals surface area contributed by atoms with Crippen molar-refractivity contribution < 1.29 is 36.7 Å². The molecule has 5 rings (SSSR count). The van der Waals surface area contributed by atoms with Gasteiger partial charge in [-0.25, -0.2) is 9.18 Å². The zero-order valence-corrected chi connectivity index (χ0v) is 24.9. The zero-order valence-electron chi connectivity index (χ0n) is 23.3. The first-order valence-electron chi connectivity index (χ1n) is 13.3. The van der Waals surface area contributed by atoms with Gasteiger partial charge in [0.2, 0.25) is 0 Å². The molecule has 3 heterocycles. The van der Waals surface area contributed by atoms with Gasteiger partial charge in [-0.15, -0.1) is 0 Å². The van der Waals surface area contributed by atoms with Crippen molar-refractivity contribution in [2.45, 2.75) is 57.7 Å². The molecule has 0 unspecified atom stereocenters. The maximum absolute atomic E-state index is 15.2. The van der Waals surface area contributed by atoms with Crippen molar-refractivity contribution in [3.63, 3.8) is 0 Å². The van der Waals surface area contributed by atoms with Gasteiger partial charge in [0.15, 0.2) is 0 Å². The number of hydrogen-bond donors (Lipinski definition) is 0. The lowest BCUT2D eigenvalue weighted by atomic mass is 10.0. The molecule has 0 radical (unpaired) electrons. The lowest BCUT2D eigenvalue weighted by molar-refractivity contribution is -0.138. The lowest BCUT2D eigenvalue weighted by Crippen LogP contribution is -2.55. The van der Waals surface area contributed by atoms with Gasteiger partial charge in [0.05, 0.1) is 41.3 Å². The highest BCUT2D eigenvalue weighted by Gasteiger charge is 2.46. The fourth-order valence-corrected chi connectivity index (χ4v) is 6.08. The van der Waals surface area contributed by atoms with Crippen LogP contribution in [0.25, 0.3) is 17.0 Å². The second-order valence-electron chi connectivity index (χ2n) is 11.3. The van der Waals surface area contributed by atoms with Crippen LogP contribution in [-0.2, 0) is 22.3 Å². The standard InChI is InChI=1S/C29H27ClF4N4O4S/c1-28(2,3)42-26(40)36-9-8-23(21(31)15-36)38-25(39)24(43-27(38)41)11-16-4-7-22-18(10-16)13-35-37(22)14-17-5-6-19(30)12-20(17)29(32,33)34/h4-7,10-13,21,23H,8-9,14-15H2,1-3H3/b24-11-/t21-,23-/m0/s1. The van der Waals surface area contributed by atoms with E-state index in [9.17, 15) is 27.6 Å². The molecule has 0 saturated carbocycles. The zero-order chi connectivity index (χ0) is 31.3. The molecule has 3 amide bonds. The summed E-state index contributed by atoms with van der Waals surface area (Å²) >= 11 is 6.48. The van der Waals surface area contributed by atoms with E-state index in [0.717, 1.165) is 11.0 Å². The molecule has 0 bridgehead atoms. The summed E-state index contributed by atoms with van der Waals surface area (Å²) in [4.78, 5) is 40.6. The molecule has 8 nitrogen and oxygen atoms in total. The SMILES string of the molecule is CC(C)(C)OC(=O)N1CC[C@H](N2C(=O)S/C(=C\c3ccc4c(cnn4Cc4ccc(Cl)cc4C(F)(F)F)c3)C2=O)[C@@H](F)C1. The molecule has 2 atom stereocenters.